The number of carbonyl (C=O) groups is 1. The first-order chi connectivity index (χ1) is 13.4. The number of hydrogen-bond donors (Lipinski definition) is 1. The number of amides is 1. The summed E-state index contributed by atoms with van der Waals surface area (Å²) in [5.41, 5.74) is 1.00. The molecule has 2 aromatic rings. The number of carbonyl (C=O) groups excluding carboxylic acids is 1. The fourth-order valence-corrected chi connectivity index (χ4v) is 4.58. The van der Waals surface area contributed by atoms with E-state index in [1.54, 1.807) is 6.08 Å². The number of halogens is 2. The zero-order valence-electron chi connectivity index (χ0n) is 14.8. The van der Waals surface area contributed by atoms with Gasteiger partial charge in [0.1, 0.15) is 10.7 Å². The molecular formula is C19H18BrFN2O4S. The van der Waals surface area contributed by atoms with Gasteiger partial charge < -0.3 is 10.1 Å². The van der Waals surface area contributed by atoms with Crippen molar-refractivity contribution in [2.45, 2.75) is 4.90 Å². The third-order valence-electron chi connectivity index (χ3n) is 4.11. The number of sulfonamides is 1. The van der Waals surface area contributed by atoms with E-state index in [2.05, 4.69) is 21.2 Å². The number of ether oxygens (including phenoxy) is 1. The predicted molar refractivity (Wildman–Crippen MR) is 108 cm³/mol. The van der Waals surface area contributed by atoms with E-state index in [0.717, 1.165) is 22.2 Å². The van der Waals surface area contributed by atoms with Crippen molar-refractivity contribution in [3.8, 4) is 0 Å². The molecule has 28 heavy (non-hydrogen) atoms. The van der Waals surface area contributed by atoms with Gasteiger partial charge in [-0.05, 0) is 35.9 Å². The normalized spacial score (nSPS) is 15.6. The molecule has 0 spiro atoms. The van der Waals surface area contributed by atoms with Gasteiger partial charge in [0, 0.05) is 29.3 Å². The van der Waals surface area contributed by atoms with Crippen LogP contribution in [0.1, 0.15) is 5.56 Å². The summed E-state index contributed by atoms with van der Waals surface area (Å²) in [6.07, 6.45) is 2.94. The van der Waals surface area contributed by atoms with Crippen LogP contribution in [0.25, 0.3) is 6.08 Å². The quantitative estimate of drug-likeness (QED) is 0.683. The lowest BCUT2D eigenvalue weighted by Crippen LogP contribution is -2.40. The molecule has 0 saturated carbocycles. The highest BCUT2D eigenvalue weighted by Gasteiger charge is 2.29. The molecule has 0 radical (unpaired) electrons. The van der Waals surface area contributed by atoms with Crippen LogP contribution in [0.3, 0.4) is 0 Å². The summed E-state index contributed by atoms with van der Waals surface area (Å²) in [6, 6.07) is 10.9. The highest BCUT2D eigenvalue weighted by molar-refractivity contribution is 9.10. The van der Waals surface area contributed by atoms with Crippen LogP contribution in [-0.4, -0.2) is 44.9 Å². The second-order valence-corrected chi connectivity index (χ2v) is 8.77. The summed E-state index contributed by atoms with van der Waals surface area (Å²) in [4.78, 5) is 11.7. The fraction of sp³-hybridized carbons (Fsp3) is 0.211. The molecule has 0 bridgehead atoms. The maximum atomic E-state index is 14.2. The molecule has 2 aromatic carbocycles. The summed E-state index contributed by atoms with van der Waals surface area (Å²) in [7, 11) is -4.01. The molecule has 1 aliphatic rings. The highest BCUT2D eigenvalue weighted by atomic mass is 79.9. The van der Waals surface area contributed by atoms with Crippen molar-refractivity contribution < 1.29 is 22.3 Å². The number of morpholine rings is 1. The Bertz CT molecular complexity index is 1000. The van der Waals surface area contributed by atoms with Crippen molar-refractivity contribution in [3.63, 3.8) is 0 Å². The summed E-state index contributed by atoms with van der Waals surface area (Å²) in [5, 5.41) is 2.56. The van der Waals surface area contributed by atoms with Crippen LogP contribution in [0.2, 0.25) is 0 Å². The van der Waals surface area contributed by atoms with E-state index in [4.69, 9.17) is 4.74 Å². The van der Waals surface area contributed by atoms with E-state index < -0.39 is 26.6 Å². The number of nitrogens with one attached hydrogen (secondary N) is 1. The summed E-state index contributed by atoms with van der Waals surface area (Å²) < 4.78 is 46.7. The standard InChI is InChI=1S/C19H18BrFN2O4S/c20-16-4-2-1-3-14(16)5-8-19(24)22-15-6-7-17(21)18(13-15)28(25,26)23-9-11-27-12-10-23/h1-8,13H,9-12H2,(H,22,24). The van der Waals surface area contributed by atoms with Crippen LogP contribution in [-0.2, 0) is 19.6 Å². The highest BCUT2D eigenvalue weighted by Crippen LogP contribution is 2.24. The van der Waals surface area contributed by atoms with Gasteiger partial charge in [0.05, 0.1) is 13.2 Å². The average Bonchev–Trinajstić information content (AvgIpc) is 2.69. The van der Waals surface area contributed by atoms with Gasteiger partial charge in [-0.1, -0.05) is 34.1 Å². The monoisotopic (exact) mass is 468 g/mol. The van der Waals surface area contributed by atoms with E-state index in [1.807, 2.05) is 24.3 Å². The molecular weight excluding hydrogens is 451 g/mol. The maximum absolute atomic E-state index is 14.2. The van der Waals surface area contributed by atoms with Gasteiger partial charge in [-0.2, -0.15) is 4.31 Å². The first-order valence-corrected chi connectivity index (χ1v) is 10.7. The minimum absolute atomic E-state index is 0.160. The predicted octanol–water partition coefficient (Wildman–Crippen LogP) is 3.26. The molecule has 1 amide bonds. The molecule has 0 aromatic heterocycles. The Kier molecular flexibility index (Phi) is 6.61. The lowest BCUT2D eigenvalue weighted by Gasteiger charge is -2.26. The third-order valence-corrected chi connectivity index (χ3v) is 6.74. The topological polar surface area (TPSA) is 75.7 Å². The second-order valence-electron chi connectivity index (χ2n) is 6.01. The maximum Gasteiger partial charge on any atom is 0.248 e. The smallest absolute Gasteiger partial charge is 0.248 e. The molecule has 148 valence electrons. The van der Waals surface area contributed by atoms with Crippen molar-refractivity contribution in [2.24, 2.45) is 0 Å². The van der Waals surface area contributed by atoms with E-state index in [1.165, 1.54) is 16.4 Å². The Morgan fingerprint density at radius 1 is 1.18 bits per heavy atom. The minimum atomic E-state index is -4.01. The molecule has 1 aliphatic heterocycles. The molecule has 0 aliphatic carbocycles. The van der Waals surface area contributed by atoms with Crippen LogP contribution in [0.15, 0.2) is 57.9 Å². The Hall–Kier alpha value is -2.07. The van der Waals surface area contributed by atoms with Crippen LogP contribution < -0.4 is 5.32 Å². The molecule has 3 rings (SSSR count). The molecule has 6 nitrogen and oxygen atoms in total. The second kappa shape index (κ2) is 8.95. The van der Waals surface area contributed by atoms with E-state index in [-0.39, 0.29) is 32.0 Å². The Morgan fingerprint density at radius 2 is 1.89 bits per heavy atom. The molecule has 1 heterocycles. The van der Waals surface area contributed by atoms with Gasteiger partial charge in [0.2, 0.25) is 15.9 Å². The first kappa shape index (κ1) is 20.7. The van der Waals surface area contributed by atoms with Crippen molar-refractivity contribution in [1.29, 1.82) is 0 Å². The van der Waals surface area contributed by atoms with Gasteiger partial charge in [0.25, 0.3) is 0 Å². The summed E-state index contributed by atoms with van der Waals surface area (Å²) >= 11 is 3.39. The first-order valence-electron chi connectivity index (χ1n) is 8.49. The number of benzene rings is 2. The van der Waals surface area contributed by atoms with E-state index >= 15 is 0 Å². The third kappa shape index (κ3) is 4.85. The largest absolute Gasteiger partial charge is 0.379 e. The number of rotatable bonds is 5. The Labute approximate surface area is 171 Å². The van der Waals surface area contributed by atoms with Crippen LogP contribution >= 0.6 is 15.9 Å². The summed E-state index contributed by atoms with van der Waals surface area (Å²) in [6.45, 7) is 0.842. The van der Waals surface area contributed by atoms with Crippen molar-refractivity contribution in [1.82, 2.24) is 4.31 Å². The zero-order chi connectivity index (χ0) is 20.1. The lowest BCUT2D eigenvalue weighted by molar-refractivity contribution is -0.111. The number of anilines is 1. The summed E-state index contributed by atoms with van der Waals surface area (Å²) in [5.74, 6) is -1.33. The fourth-order valence-electron chi connectivity index (χ4n) is 2.66. The van der Waals surface area contributed by atoms with E-state index in [9.17, 15) is 17.6 Å². The van der Waals surface area contributed by atoms with Crippen molar-refractivity contribution in [2.75, 3.05) is 31.6 Å². The van der Waals surface area contributed by atoms with Gasteiger partial charge in [-0.3, -0.25) is 4.79 Å². The average molecular weight is 469 g/mol. The van der Waals surface area contributed by atoms with E-state index in [0.29, 0.717) is 0 Å². The van der Waals surface area contributed by atoms with Crippen molar-refractivity contribution in [3.05, 3.63) is 64.4 Å². The van der Waals surface area contributed by atoms with Crippen LogP contribution in [0.5, 0.6) is 0 Å². The Morgan fingerprint density at radius 3 is 2.61 bits per heavy atom. The van der Waals surface area contributed by atoms with Crippen molar-refractivity contribution >= 4 is 43.6 Å². The molecule has 9 heteroatoms. The zero-order valence-corrected chi connectivity index (χ0v) is 17.2. The molecule has 1 N–H and O–H groups in total. The Balaban J connectivity index is 1.77. The van der Waals surface area contributed by atoms with Gasteiger partial charge in [0.15, 0.2) is 0 Å². The number of nitrogens with zero attached hydrogens (tertiary/aromatic N) is 1. The van der Waals surface area contributed by atoms with Crippen LogP contribution in [0.4, 0.5) is 10.1 Å². The minimum Gasteiger partial charge on any atom is -0.379 e. The van der Waals surface area contributed by atoms with Gasteiger partial charge in [-0.25, -0.2) is 12.8 Å². The molecule has 1 saturated heterocycles. The molecule has 0 atom stereocenters. The lowest BCUT2D eigenvalue weighted by atomic mass is 10.2. The van der Waals surface area contributed by atoms with Crippen LogP contribution in [0, 0.1) is 5.82 Å². The molecule has 1 fully saturated rings. The van der Waals surface area contributed by atoms with Gasteiger partial charge >= 0.3 is 0 Å². The molecule has 0 unspecified atom stereocenters. The van der Waals surface area contributed by atoms with Gasteiger partial charge in [-0.15, -0.1) is 0 Å². The SMILES string of the molecule is O=C(C=Cc1ccccc1Br)Nc1ccc(F)c(S(=O)(=O)N2CCOCC2)c1. The number of hydrogen-bond acceptors (Lipinski definition) is 4.